The van der Waals surface area contributed by atoms with Crippen LogP contribution in [0, 0.1) is 5.92 Å². The molecule has 1 aromatic rings. The van der Waals surface area contributed by atoms with Gasteiger partial charge in [0.05, 0.1) is 18.8 Å². The average Bonchev–Trinajstić information content (AvgIpc) is 3.06. The number of fused-ring (bicyclic) bond motifs is 1. The molecular formula is C20H28N2O3. The van der Waals surface area contributed by atoms with Crippen LogP contribution in [-0.2, 0) is 6.42 Å². The number of hydrogen-bond donors (Lipinski definition) is 3. The maximum Gasteiger partial charge on any atom is 0.315 e. The second-order valence-electron chi connectivity index (χ2n) is 7.78. The van der Waals surface area contributed by atoms with Crippen molar-refractivity contribution in [3.63, 3.8) is 0 Å². The molecule has 2 amide bonds. The van der Waals surface area contributed by atoms with Crippen LogP contribution in [0.4, 0.5) is 4.79 Å². The molecule has 25 heavy (non-hydrogen) atoms. The number of amides is 2. The van der Waals surface area contributed by atoms with Gasteiger partial charge in [0.1, 0.15) is 5.75 Å². The maximum absolute atomic E-state index is 12.5. The molecule has 136 valence electrons. The van der Waals surface area contributed by atoms with Crippen molar-refractivity contribution in [2.24, 2.45) is 5.92 Å². The Morgan fingerprint density at radius 3 is 2.76 bits per heavy atom. The number of hydrogen-bond acceptors (Lipinski definition) is 3. The highest BCUT2D eigenvalue weighted by atomic mass is 16.5. The van der Waals surface area contributed by atoms with Gasteiger partial charge in [-0.2, -0.15) is 0 Å². The van der Waals surface area contributed by atoms with Crippen molar-refractivity contribution in [3.8, 4) is 5.75 Å². The molecule has 0 aromatic heterocycles. The lowest BCUT2D eigenvalue weighted by Gasteiger charge is -2.38. The Hall–Kier alpha value is -1.75. The second kappa shape index (κ2) is 7.24. The zero-order valence-corrected chi connectivity index (χ0v) is 14.7. The fraction of sp³-hybridized carbons (Fsp3) is 0.650. The topological polar surface area (TPSA) is 70.6 Å². The van der Waals surface area contributed by atoms with Crippen LogP contribution in [-0.4, -0.2) is 29.9 Å². The summed E-state index contributed by atoms with van der Waals surface area (Å²) in [5, 5.41) is 16.1. The van der Waals surface area contributed by atoms with Crippen LogP contribution in [0.5, 0.6) is 5.75 Å². The van der Waals surface area contributed by atoms with Gasteiger partial charge in [0, 0.05) is 12.5 Å². The number of ether oxygens (including phenoxy) is 1. The summed E-state index contributed by atoms with van der Waals surface area (Å²) in [5.41, 5.74) is 2.34. The number of urea groups is 1. The summed E-state index contributed by atoms with van der Waals surface area (Å²) < 4.78 is 5.59. The summed E-state index contributed by atoms with van der Waals surface area (Å²) in [6, 6.07) is 6.42. The highest BCUT2D eigenvalue weighted by Gasteiger charge is 2.36. The van der Waals surface area contributed by atoms with Crippen LogP contribution in [0.2, 0.25) is 0 Å². The number of carbonyl (C=O) groups excluding carboxylic acids is 1. The number of aliphatic hydroxyl groups is 1. The molecule has 5 nitrogen and oxygen atoms in total. The number of carbonyl (C=O) groups is 1. The van der Waals surface area contributed by atoms with E-state index in [0.29, 0.717) is 12.0 Å². The third-order valence-corrected chi connectivity index (χ3v) is 5.92. The molecule has 2 fully saturated rings. The first-order chi connectivity index (χ1) is 12.2. The van der Waals surface area contributed by atoms with Gasteiger partial charge in [0.15, 0.2) is 0 Å². The third-order valence-electron chi connectivity index (χ3n) is 5.92. The van der Waals surface area contributed by atoms with Crippen LogP contribution in [0.3, 0.4) is 0 Å². The molecule has 1 atom stereocenters. The number of benzene rings is 1. The molecule has 0 radical (unpaired) electrons. The summed E-state index contributed by atoms with van der Waals surface area (Å²) in [4.78, 5) is 12.5. The molecule has 5 heteroatoms. The molecule has 0 unspecified atom stereocenters. The van der Waals surface area contributed by atoms with E-state index in [1.54, 1.807) is 0 Å². The molecule has 1 aromatic carbocycles. The van der Waals surface area contributed by atoms with Gasteiger partial charge >= 0.3 is 6.03 Å². The lowest BCUT2D eigenvalue weighted by atomic mass is 9.75. The first-order valence-corrected chi connectivity index (χ1v) is 9.70. The van der Waals surface area contributed by atoms with E-state index in [1.807, 2.05) is 6.07 Å². The zero-order chi connectivity index (χ0) is 17.2. The van der Waals surface area contributed by atoms with Crippen molar-refractivity contribution >= 4 is 6.03 Å². The normalized spacial score (nSPS) is 26.9. The Kier molecular flexibility index (Phi) is 4.84. The minimum Gasteiger partial charge on any atom is -0.493 e. The second-order valence-corrected chi connectivity index (χ2v) is 7.78. The molecule has 4 rings (SSSR count). The predicted molar refractivity (Wildman–Crippen MR) is 95.7 cm³/mol. The van der Waals surface area contributed by atoms with Crippen LogP contribution < -0.4 is 15.4 Å². The fourth-order valence-corrected chi connectivity index (χ4v) is 4.39. The highest BCUT2D eigenvalue weighted by molar-refractivity contribution is 5.75. The predicted octanol–water partition coefficient (Wildman–Crippen LogP) is 3.07. The number of aliphatic hydroxyl groups excluding tert-OH is 1. The molecule has 0 spiro atoms. The van der Waals surface area contributed by atoms with E-state index in [2.05, 4.69) is 22.8 Å². The van der Waals surface area contributed by atoms with Crippen LogP contribution >= 0.6 is 0 Å². The lowest BCUT2D eigenvalue weighted by molar-refractivity contribution is 0.0258. The Morgan fingerprint density at radius 2 is 2.00 bits per heavy atom. The molecule has 3 N–H and O–H groups in total. The van der Waals surface area contributed by atoms with Gasteiger partial charge in [-0.1, -0.05) is 25.3 Å². The standard InChI is InChI=1S/C20H28N2O3/c23-17-11-15(12-17)19(14-6-7-18-13(10-14)8-9-25-18)22-20(24)21-16-4-2-1-3-5-16/h6-7,10,15-17,19,23H,1-5,8-9,11-12H2,(H2,21,22,24)/t15?,17?,19-/m1/s1. The summed E-state index contributed by atoms with van der Waals surface area (Å²) in [6.07, 6.45) is 8.05. The van der Waals surface area contributed by atoms with Crippen molar-refractivity contribution in [3.05, 3.63) is 29.3 Å². The van der Waals surface area contributed by atoms with Crippen molar-refractivity contribution in [1.82, 2.24) is 10.6 Å². The van der Waals surface area contributed by atoms with Gasteiger partial charge in [-0.25, -0.2) is 4.79 Å². The maximum atomic E-state index is 12.5. The first-order valence-electron chi connectivity index (χ1n) is 9.70. The molecule has 0 bridgehead atoms. The molecule has 2 saturated carbocycles. The minimum absolute atomic E-state index is 0.0436. The van der Waals surface area contributed by atoms with Crippen LogP contribution in [0.15, 0.2) is 18.2 Å². The lowest BCUT2D eigenvalue weighted by Crippen LogP contribution is -2.48. The van der Waals surface area contributed by atoms with Gasteiger partial charge in [0.2, 0.25) is 0 Å². The van der Waals surface area contributed by atoms with E-state index in [9.17, 15) is 9.90 Å². The SMILES string of the molecule is O=C(NC1CCCCC1)N[C@H](c1ccc2c(c1)CCO2)C1CC(O)C1. The molecule has 1 aliphatic heterocycles. The number of nitrogens with one attached hydrogen (secondary N) is 2. The average molecular weight is 344 g/mol. The van der Waals surface area contributed by atoms with E-state index < -0.39 is 0 Å². The minimum atomic E-state index is -0.228. The Bertz CT molecular complexity index is 621. The van der Waals surface area contributed by atoms with Crippen molar-refractivity contribution in [1.29, 1.82) is 0 Å². The monoisotopic (exact) mass is 344 g/mol. The van der Waals surface area contributed by atoms with Gasteiger partial charge in [-0.3, -0.25) is 0 Å². The third kappa shape index (κ3) is 3.76. The smallest absolute Gasteiger partial charge is 0.315 e. The van der Waals surface area contributed by atoms with Gasteiger partial charge in [-0.05, 0) is 54.9 Å². The van der Waals surface area contributed by atoms with Crippen LogP contribution in [0.1, 0.15) is 62.1 Å². The molecular weight excluding hydrogens is 316 g/mol. The van der Waals surface area contributed by atoms with Crippen molar-refractivity contribution < 1.29 is 14.6 Å². The van der Waals surface area contributed by atoms with Crippen molar-refractivity contribution in [2.45, 2.75) is 69.6 Å². The highest BCUT2D eigenvalue weighted by Crippen LogP contribution is 2.39. The number of rotatable bonds is 4. The zero-order valence-electron chi connectivity index (χ0n) is 14.7. The Balaban J connectivity index is 1.45. The van der Waals surface area contributed by atoms with E-state index in [1.165, 1.54) is 24.8 Å². The molecule has 3 aliphatic rings. The van der Waals surface area contributed by atoms with Gasteiger partial charge in [-0.15, -0.1) is 0 Å². The Labute approximate surface area is 149 Å². The Morgan fingerprint density at radius 1 is 1.20 bits per heavy atom. The van der Waals surface area contributed by atoms with Crippen LogP contribution in [0.25, 0.3) is 0 Å². The summed E-state index contributed by atoms with van der Waals surface area (Å²) in [7, 11) is 0. The summed E-state index contributed by atoms with van der Waals surface area (Å²) in [6.45, 7) is 0.737. The molecule has 0 saturated heterocycles. The van der Waals surface area contributed by atoms with Gasteiger partial charge < -0.3 is 20.5 Å². The quantitative estimate of drug-likeness (QED) is 0.786. The van der Waals surface area contributed by atoms with E-state index >= 15 is 0 Å². The van der Waals surface area contributed by atoms with E-state index in [0.717, 1.165) is 50.0 Å². The largest absolute Gasteiger partial charge is 0.493 e. The molecule has 2 aliphatic carbocycles. The van der Waals surface area contributed by atoms with E-state index in [4.69, 9.17) is 4.74 Å². The fourth-order valence-electron chi connectivity index (χ4n) is 4.39. The summed E-state index contributed by atoms with van der Waals surface area (Å²) >= 11 is 0. The molecule has 1 heterocycles. The first kappa shape index (κ1) is 16.7. The van der Waals surface area contributed by atoms with E-state index in [-0.39, 0.29) is 18.2 Å². The summed E-state index contributed by atoms with van der Waals surface area (Å²) in [5.74, 6) is 1.26. The van der Waals surface area contributed by atoms with Crippen molar-refractivity contribution in [2.75, 3.05) is 6.61 Å². The van der Waals surface area contributed by atoms with Gasteiger partial charge in [0.25, 0.3) is 0 Å².